The van der Waals surface area contributed by atoms with Gasteiger partial charge >= 0.3 is 0 Å². The number of nitrogens with zero attached hydrogens (tertiary/aromatic N) is 3. The molecule has 7 nitrogen and oxygen atoms in total. The number of hydrogen-bond acceptors (Lipinski definition) is 5. The van der Waals surface area contributed by atoms with Crippen LogP contribution in [0.5, 0.6) is 23.0 Å². The third-order valence-corrected chi connectivity index (χ3v) is 6.14. The van der Waals surface area contributed by atoms with Gasteiger partial charge in [-0.25, -0.2) is 4.98 Å². The Morgan fingerprint density at radius 2 is 1.97 bits per heavy atom. The summed E-state index contributed by atoms with van der Waals surface area (Å²) in [5.41, 5.74) is 5.50. The first-order valence-corrected chi connectivity index (χ1v) is 10.3. The first-order chi connectivity index (χ1) is 15.1. The van der Waals surface area contributed by atoms with Crippen LogP contribution < -0.4 is 31.2 Å². The maximum absolute atomic E-state index is 10.9. The van der Waals surface area contributed by atoms with E-state index < -0.39 is 0 Å². The molecule has 4 heterocycles. The minimum absolute atomic E-state index is 0. The molecule has 6 rings (SSSR count). The summed E-state index contributed by atoms with van der Waals surface area (Å²) in [4.78, 5) is 4.34. The molecule has 0 saturated heterocycles. The number of imidazole rings is 1. The van der Waals surface area contributed by atoms with E-state index in [1.54, 1.807) is 7.11 Å². The highest BCUT2D eigenvalue weighted by Crippen LogP contribution is 2.42. The second kappa shape index (κ2) is 7.60. The van der Waals surface area contributed by atoms with Crippen molar-refractivity contribution in [3.05, 3.63) is 59.8 Å². The summed E-state index contributed by atoms with van der Waals surface area (Å²) in [5.74, 6) is 2.22. The number of aromatic hydroxyl groups is 1. The SMILES string of the molecule is COc1cc(Cn2cnc(C)c2)c2cc3[n+](cc2c1O)CCc1cc2c(cc1-3)OCO2.[Cl-]. The molecular formula is C24H22ClN3O4. The van der Waals surface area contributed by atoms with E-state index >= 15 is 0 Å². The maximum atomic E-state index is 10.9. The van der Waals surface area contributed by atoms with Crippen molar-refractivity contribution in [2.45, 2.75) is 26.4 Å². The molecule has 1 N–H and O–H groups in total. The van der Waals surface area contributed by atoms with E-state index in [0.717, 1.165) is 57.8 Å². The number of aromatic nitrogens is 3. The third kappa shape index (κ3) is 3.12. The van der Waals surface area contributed by atoms with E-state index in [9.17, 15) is 5.11 Å². The van der Waals surface area contributed by atoms with E-state index in [0.29, 0.717) is 12.3 Å². The van der Waals surface area contributed by atoms with Gasteiger partial charge in [0.25, 0.3) is 0 Å². The number of hydrogen-bond donors (Lipinski definition) is 1. The molecule has 0 unspecified atom stereocenters. The van der Waals surface area contributed by atoms with E-state index in [1.807, 2.05) is 36.3 Å². The van der Waals surface area contributed by atoms with Crippen molar-refractivity contribution in [1.82, 2.24) is 9.55 Å². The fraction of sp³-hybridized carbons (Fsp3) is 0.250. The van der Waals surface area contributed by atoms with Gasteiger partial charge in [-0.15, -0.1) is 0 Å². The molecule has 0 fully saturated rings. The Hall–Kier alpha value is -3.45. The summed E-state index contributed by atoms with van der Waals surface area (Å²) in [5, 5.41) is 12.6. The minimum atomic E-state index is 0. The van der Waals surface area contributed by atoms with Crippen LogP contribution in [-0.2, 0) is 19.5 Å². The van der Waals surface area contributed by atoms with Crippen molar-refractivity contribution < 1.29 is 36.3 Å². The number of pyridine rings is 1. The Morgan fingerprint density at radius 3 is 2.72 bits per heavy atom. The van der Waals surface area contributed by atoms with Crippen molar-refractivity contribution >= 4 is 10.8 Å². The van der Waals surface area contributed by atoms with E-state index in [4.69, 9.17) is 14.2 Å². The summed E-state index contributed by atoms with van der Waals surface area (Å²) < 4.78 is 20.9. The van der Waals surface area contributed by atoms with Crippen molar-refractivity contribution in [3.8, 4) is 34.3 Å². The van der Waals surface area contributed by atoms with Crippen LogP contribution in [0, 0.1) is 6.92 Å². The van der Waals surface area contributed by atoms with Crippen molar-refractivity contribution in [1.29, 1.82) is 0 Å². The first-order valence-electron chi connectivity index (χ1n) is 10.3. The molecule has 2 aliphatic heterocycles. The summed E-state index contributed by atoms with van der Waals surface area (Å²) in [6, 6.07) is 8.23. The zero-order chi connectivity index (χ0) is 21.1. The number of methoxy groups -OCH3 is 1. The lowest BCUT2D eigenvalue weighted by Crippen LogP contribution is -3.00. The highest BCUT2D eigenvalue weighted by atomic mass is 35.5. The second-order valence-corrected chi connectivity index (χ2v) is 8.07. The van der Waals surface area contributed by atoms with E-state index in [2.05, 4.69) is 27.8 Å². The normalized spacial score (nSPS) is 13.4. The molecule has 0 amide bonds. The minimum Gasteiger partial charge on any atom is -1.00 e. The molecule has 0 bridgehead atoms. The van der Waals surface area contributed by atoms with Crippen LogP contribution in [0.1, 0.15) is 16.8 Å². The Morgan fingerprint density at radius 1 is 1.16 bits per heavy atom. The summed E-state index contributed by atoms with van der Waals surface area (Å²) in [6.45, 7) is 3.69. The lowest BCUT2D eigenvalue weighted by Gasteiger charge is -2.18. The molecule has 0 aliphatic carbocycles. The fourth-order valence-electron chi connectivity index (χ4n) is 4.61. The molecule has 0 radical (unpaired) electrons. The van der Waals surface area contributed by atoms with Gasteiger partial charge in [0.05, 0.1) is 30.1 Å². The largest absolute Gasteiger partial charge is 1.00 e. The molecule has 0 spiro atoms. The quantitative estimate of drug-likeness (QED) is 0.455. The van der Waals surface area contributed by atoms with Crippen LogP contribution in [0.15, 0.2) is 43.0 Å². The number of phenols is 1. The standard InChI is InChI=1S/C24H21N3O4.ClH/c1-14-9-26(12-25-14)10-16-6-23(29-2)24(28)19-11-27-4-3-15-5-21-22(31-13-30-21)8-18(15)20(27)7-17(16)19;/h5-9,11-12H,3-4,10,13H2,1-2H3;1H. The van der Waals surface area contributed by atoms with Crippen molar-refractivity contribution in [3.63, 3.8) is 0 Å². The number of phenolic OH excluding ortho intramolecular Hbond substituents is 1. The van der Waals surface area contributed by atoms with Gasteiger partial charge in [-0.3, -0.25) is 0 Å². The zero-order valence-corrected chi connectivity index (χ0v) is 18.5. The molecule has 32 heavy (non-hydrogen) atoms. The van der Waals surface area contributed by atoms with Gasteiger partial charge in [0.15, 0.2) is 35.7 Å². The van der Waals surface area contributed by atoms with Crippen LogP contribution in [0.2, 0.25) is 0 Å². The predicted octanol–water partition coefficient (Wildman–Crippen LogP) is 0.351. The lowest BCUT2D eigenvalue weighted by molar-refractivity contribution is -0.686. The van der Waals surface area contributed by atoms with Gasteiger partial charge in [0.2, 0.25) is 12.5 Å². The molecule has 164 valence electrons. The van der Waals surface area contributed by atoms with E-state index in [-0.39, 0.29) is 24.9 Å². The number of rotatable bonds is 3. The average molecular weight is 452 g/mol. The Balaban J connectivity index is 0.00000216. The highest BCUT2D eigenvalue weighted by Gasteiger charge is 2.29. The second-order valence-electron chi connectivity index (χ2n) is 8.07. The van der Waals surface area contributed by atoms with Crippen LogP contribution >= 0.6 is 0 Å². The van der Waals surface area contributed by atoms with Crippen molar-refractivity contribution in [2.24, 2.45) is 0 Å². The molecule has 4 aromatic rings. The number of fused-ring (bicyclic) bond motifs is 5. The first kappa shape index (κ1) is 20.5. The molecule has 2 aromatic carbocycles. The zero-order valence-electron chi connectivity index (χ0n) is 17.8. The molecule has 0 saturated carbocycles. The van der Waals surface area contributed by atoms with Gasteiger partial charge < -0.3 is 36.3 Å². The topological polar surface area (TPSA) is 69.6 Å². The van der Waals surface area contributed by atoms with Crippen LogP contribution in [-0.4, -0.2) is 28.6 Å². The monoisotopic (exact) mass is 451 g/mol. The average Bonchev–Trinajstić information content (AvgIpc) is 3.41. The van der Waals surface area contributed by atoms with Gasteiger partial charge in [0, 0.05) is 30.6 Å². The number of benzene rings is 2. The van der Waals surface area contributed by atoms with Gasteiger partial charge in [-0.1, -0.05) is 0 Å². The van der Waals surface area contributed by atoms with Gasteiger partial charge in [-0.05, 0) is 36.2 Å². The molecule has 0 atom stereocenters. The molecule has 8 heteroatoms. The fourth-order valence-corrected chi connectivity index (χ4v) is 4.61. The van der Waals surface area contributed by atoms with Gasteiger partial charge in [-0.2, -0.15) is 4.57 Å². The number of ether oxygens (including phenoxy) is 3. The predicted molar refractivity (Wildman–Crippen MR) is 114 cm³/mol. The van der Waals surface area contributed by atoms with Crippen LogP contribution in [0.3, 0.4) is 0 Å². The number of halogens is 1. The summed E-state index contributed by atoms with van der Waals surface area (Å²) in [6.07, 6.45) is 6.75. The Bertz CT molecular complexity index is 1370. The third-order valence-electron chi connectivity index (χ3n) is 6.14. The van der Waals surface area contributed by atoms with Crippen molar-refractivity contribution in [2.75, 3.05) is 13.9 Å². The van der Waals surface area contributed by atoms with Crippen LogP contribution in [0.25, 0.3) is 22.0 Å². The molecule has 2 aliphatic rings. The number of aryl methyl sites for hydroxylation is 3. The smallest absolute Gasteiger partial charge is 0.231 e. The van der Waals surface area contributed by atoms with Gasteiger partial charge in [0.1, 0.15) is 0 Å². The Labute approximate surface area is 191 Å². The lowest BCUT2D eigenvalue weighted by atomic mass is 9.94. The summed E-state index contributed by atoms with van der Waals surface area (Å²) in [7, 11) is 1.58. The highest BCUT2D eigenvalue weighted by molar-refractivity contribution is 5.94. The maximum Gasteiger partial charge on any atom is 0.231 e. The van der Waals surface area contributed by atoms with Crippen LogP contribution in [0.4, 0.5) is 0 Å². The molecule has 2 aromatic heterocycles. The summed E-state index contributed by atoms with van der Waals surface area (Å²) >= 11 is 0. The Kier molecular flexibility index (Phi) is 4.86. The molecular weight excluding hydrogens is 430 g/mol. The van der Waals surface area contributed by atoms with E-state index in [1.165, 1.54) is 5.56 Å².